The van der Waals surface area contributed by atoms with Gasteiger partial charge in [-0.3, -0.25) is 0 Å². The Labute approximate surface area is 125 Å². The molecule has 0 amide bonds. The van der Waals surface area contributed by atoms with Gasteiger partial charge in [-0.2, -0.15) is 4.98 Å². The van der Waals surface area contributed by atoms with Crippen molar-refractivity contribution in [3.8, 4) is 10.6 Å². The Morgan fingerprint density at radius 3 is 2.71 bits per heavy atom. The second kappa shape index (κ2) is 7.92. The van der Waals surface area contributed by atoms with Crippen LogP contribution in [0.4, 0.5) is 4.39 Å². The van der Waals surface area contributed by atoms with Gasteiger partial charge in [-0.25, -0.2) is 4.39 Å². The maximum atomic E-state index is 13.0. The number of rotatable bonds is 3. The average Bonchev–Trinajstić information content (AvgIpc) is 2.67. The van der Waals surface area contributed by atoms with Crippen LogP contribution in [0.5, 0.6) is 0 Å². The number of thiazole rings is 1. The fourth-order valence-electron chi connectivity index (χ4n) is 1.42. The van der Waals surface area contributed by atoms with Crippen molar-refractivity contribution in [2.24, 2.45) is 0 Å². The summed E-state index contributed by atoms with van der Waals surface area (Å²) in [5.41, 5.74) is 5.86. The molecule has 0 spiro atoms. The minimum Gasteiger partial charge on any atom is -1.00 e. The largest absolute Gasteiger partial charge is 1.00 e. The van der Waals surface area contributed by atoms with Crippen molar-refractivity contribution in [3.63, 3.8) is 0 Å². The molecule has 1 aromatic heterocycles. The maximum Gasteiger partial charge on any atom is 0.267 e. The molecule has 0 fully saturated rings. The summed E-state index contributed by atoms with van der Waals surface area (Å²) < 4.78 is 13.0. The average molecular weight is 384 g/mol. The zero-order chi connectivity index (χ0) is 10.7. The first-order valence-corrected chi connectivity index (χ1v) is 5.72. The molecule has 0 saturated heterocycles. The molecule has 17 heavy (non-hydrogen) atoms. The van der Waals surface area contributed by atoms with E-state index >= 15 is 0 Å². The molecule has 1 heterocycles. The van der Waals surface area contributed by atoms with Crippen molar-refractivity contribution in [3.05, 3.63) is 41.2 Å². The lowest BCUT2D eigenvalue weighted by Gasteiger charge is -1.91. The van der Waals surface area contributed by atoms with E-state index in [0.29, 0.717) is 0 Å². The second-order valence-electron chi connectivity index (χ2n) is 3.33. The van der Waals surface area contributed by atoms with E-state index in [1.165, 1.54) is 12.1 Å². The highest BCUT2D eigenvalue weighted by Gasteiger charge is 2.12. The highest BCUT2D eigenvalue weighted by molar-refractivity contribution is 7.12. The monoisotopic (exact) mass is 382 g/mol. The number of aromatic nitrogens is 1. The van der Waals surface area contributed by atoms with Gasteiger partial charge in [-0.15, -0.1) is 0 Å². The van der Waals surface area contributed by atoms with Gasteiger partial charge in [0, 0.05) is 0 Å². The summed E-state index contributed by atoms with van der Waals surface area (Å²) in [6.45, 7) is 0.871. The molecule has 0 unspecified atom stereocenters. The Morgan fingerprint density at radius 2 is 2.06 bits per heavy atom. The summed E-state index contributed by atoms with van der Waals surface area (Å²) >= 11 is 1.60. The third kappa shape index (κ3) is 4.46. The molecule has 6 heteroatoms. The fraction of sp³-hybridized carbons (Fsp3) is 0.182. The summed E-state index contributed by atoms with van der Waals surface area (Å²) in [7, 11) is 0. The molecule has 0 radical (unpaired) electrons. The molecule has 4 N–H and O–H groups in total. The molecular weight excluding hydrogens is 371 g/mol. The predicted octanol–water partition coefficient (Wildman–Crippen LogP) is -4.84. The number of aromatic amines is 1. The van der Waals surface area contributed by atoms with E-state index in [1.807, 2.05) is 6.07 Å². The van der Waals surface area contributed by atoms with Crippen molar-refractivity contribution in [2.75, 3.05) is 6.54 Å². The summed E-state index contributed by atoms with van der Waals surface area (Å²) in [6, 6.07) is 6.61. The van der Waals surface area contributed by atoms with Crippen LogP contribution in [0.3, 0.4) is 0 Å². The van der Waals surface area contributed by atoms with Gasteiger partial charge < -0.3 is 39.7 Å². The molecule has 2 aromatic rings. The van der Waals surface area contributed by atoms with E-state index < -0.39 is 0 Å². The lowest BCUT2D eigenvalue weighted by atomic mass is 10.2. The Bertz CT molecular complexity index is 462. The Hall–Kier alpha value is -0.300. The van der Waals surface area contributed by atoms with Crippen LogP contribution in [0.2, 0.25) is 0 Å². The van der Waals surface area contributed by atoms with Crippen LogP contribution in [-0.4, -0.2) is 6.54 Å². The number of quaternary nitrogens is 1. The first-order valence-electron chi connectivity index (χ1n) is 4.84. The van der Waals surface area contributed by atoms with Crippen LogP contribution >= 0.6 is 11.3 Å². The Balaban J connectivity index is 0.00000128. The molecule has 0 aliphatic carbocycles. The van der Waals surface area contributed by atoms with E-state index in [2.05, 4.69) is 16.1 Å². The fourth-order valence-corrected chi connectivity index (χ4v) is 2.31. The molecule has 0 saturated carbocycles. The topological polar surface area (TPSA) is 41.8 Å². The highest BCUT2D eigenvalue weighted by Crippen LogP contribution is 2.20. The number of hydrogen-bond donors (Lipinski definition) is 1. The smallest absolute Gasteiger partial charge is 0.267 e. The van der Waals surface area contributed by atoms with Gasteiger partial charge in [-0.05, 0) is 18.2 Å². The lowest BCUT2D eigenvalue weighted by Crippen LogP contribution is -3.00. The molecule has 0 atom stereocenters. The number of H-pyrrole nitrogens is 1. The Morgan fingerprint density at radius 1 is 1.29 bits per heavy atom. The zero-order valence-electron chi connectivity index (χ0n) is 9.05. The minimum atomic E-state index is -0.201. The van der Waals surface area contributed by atoms with E-state index in [9.17, 15) is 4.39 Å². The van der Waals surface area contributed by atoms with Gasteiger partial charge in [-0.1, -0.05) is 17.4 Å². The summed E-state index contributed by atoms with van der Waals surface area (Å²) in [6.07, 6.45) is 0.936. The molecular formula is C11H13Br2FN2S. The summed E-state index contributed by atoms with van der Waals surface area (Å²) in [4.78, 5) is 3.27. The van der Waals surface area contributed by atoms with Crippen molar-refractivity contribution in [2.45, 2.75) is 6.42 Å². The van der Waals surface area contributed by atoms with Crippen molar-refractivity contribution < 1.29 is 49.1 Å². The number of nitrogens with one attached hydrogen (secondary N) is 1. The highest BCUT2D eigenvalue weighted by atomic mass is 79.9. The van der Waals surface area contributed by atoms with Crippen LogP contribution in [0, 0.1) is 5.82 Å². The van der Waals surface area contributed by atoms with Gasteiger partial charge in [0.1, 0.15) is 5.82 Å². The minimum absolute atomic E-state index is 0. The van der Waals surface area contributed by atoms with Gasteiger partial charge in [0.25, 0.3) is 5.01 Å². The van der Waals surface area contributed by atoms with Gasteiger partial charge in [0.2, 0.25) is 0 Å². The zero-order valence-corrected chi connectivity index (χ0v) is 13.0. The van der Waals surface area contributed by atoms with Crippen LogP contribution in [0.15, 0.2) is 29.6 Å². The van der Waals surface area contributed by atoms with Crippen molar-refractivity contribution in [1.82, 2.24) is 0 Å². The molecule has 2 nitrogen and oxygen atoms in total. The molecule has 0 aliphatic heterocycles. The maximum absolute atomic E-state index is 13.0. The van der Waals surface area contributed by atoms with E-state index in [4.69, 9.17) is 0 Å². The van der Waals surface area contributed by atoms with E-state index in [0.717, 1.165) is 29.2 Å². The first kappa shape index (κ1) is 16.7. The molecule has 2 rings (SSSR count). The van der Waals surface area contributed by atoms with Crippen LogP contribution < -0.4 is 44.7 Å². The molecule has 0 aliphatic rings. The van der Waals surface area contributed by atoms with Gasteiger partial charge in [0.05, 0.1) is 23.9 Å². The third-order valence-electron chi connectivity index (χ3n) is 2.13. The van der Waals surface area contributed by atoms with Crippen LogP contribution in [0.1, 0.15) is 5.69 Å². The summed E-state index contributed by atoms with van der Waals surface area (Å²) in [5.74, 6) is -0.201. The normalized spacial score (nSPS) is 9.29. The molecule has 0 bridgehead atoms. The standard InChI is InChI=1S/C11H11FN2S.2BrH/c12-9-3-1-2-8(6-9)11-14-10(4-5-13)7-15-11;;/h1-3,6-7H,4-5,13H2;2*1H. The Kier molecular flexibility index (Phi) is 7.78. The lowest BCUT2D eigenvalue weighted by molar-refractivity contribution is -0.394. The second-order valence-corrected chi connectivity index (χ2v) is 4.21. The van der Waals surface area contributed by atoms with Crippen LogP contribution in [0.25, 0.3) is 10.6 Å². The molecule has 1 aromatic carbocycles. The molecule has 94 valence electrons. The predicted molar refractivity (Wildman–Crippen MR) is 57.7 cm³/mol. The van der Waals surface area contributed by atoms with Gasteiger partial charge in [0.15, 0.2) is 5.69 Å². The quantitative estimate of drug-likeness (QED) is 0.552. The van der Waals surface area contributed by atoms with E-state index in [1.54, 1.807) is 17.4 Å². The van der Waals surface area contributed by atoms with Crippen LogP contribution in [-0.2, 0) is 6.42 Å². The van der Waals surface area contributed by atoms with Gasteiger partial charge >= 0.3 is 0 Å². The first-order chi connectivity index (χ1) is 7.29. The third-order valence-corrected chi connectivity index (χ3v) is 3.10. The number of hydrogen-bond acceptors (Lipinski definition) is 1. The van der Waals surface area contributed by atoms with Crippen molar-refractivity contribution >= 4 is 11.3 Å². The number of halogens is 3. The number of benzene rings is 1. The summed E-state index contributed by atoms with van der Waals surface area (Å²) in [5, 5.41) is 3.06. The van der Waals surface area contributed by atoms with Crippen molar-refractivity contribution in [1.29, 1.82) is 0 Å². The SMILES string of the molecule is [Br-].[Br-].[NH3+]CCc1csc(-c2cccc(F)c2)[nH+]1. The van der Waals surface area contributed by atoms with E-state index in [-0.39, 0.29) is 39.8 Å².